The Kier molecular flexibility index (Phi) is 3.33. The molecule has 0 saturated heterocycles. The number of nitrogens with zero attached hydrogens (tertiary/aromatic N) is 1. The smallest absolute Gasteiger partial charge is 0.272 e. The highest BCUT2D eigenvalue weighted by Crippen LogP contribution is 2.32. The fourth-order valence-electron chi connectivity index (χ4n) is 2.62. The number of Topliss-reactive ketones (excluding diaryl/α,β-unsaturated/α-hetero) is 1. The lowest BCUT2D eigenvalue weighted by atomic mass is 10.0. The summed E-state index contributed by atoms with van der Waals surface area (Å²) in [4.78, 5) is 12.6. The number of hydrogen-bond acceptors (Lipinski definition) is 4. The van der Waals surface area contributed by atoms with Crippen molar-refractivity contribution >= 4 is 17.2 Å². The lowest BCUT2D eigenvalue weighted by Gasteiger charge is -2.06. The predicted molar refractivity (Wildman–Crippen MR) is 82.5 cm³/mol. The van der Waals surface area contributed by atoms with Crippen LogP contribution in [0.3, 0.4) is 0 Å². The summed E-state index contributed by atoms with van der Waals surface area (Å²) >= 11 is 0. The Labute approximate surface area is 128 Å². The molecule has 0 fully saturated rings. The van der Waals surface area contributed by atoms with Gasteiger partial charge in [0.2, 0.25) is 5.69 Å². The number of carbonyl (C=O) groups excluding carboxylic acids is 1. The van der Waals surface area contributed by atoms with Crippen molar-refractivity contribution in [3.8, 4) is 11.5 Å². The molecule has 1 heterocycles. The molecule has 1 aliphatic heterocycles. The minimum Gasteiger partial charge on any atom is -0.618 e. The van der Waals surface area contributed by atoms with Crippen LogP contribution in [-0.4, -0.2) is 30.5 Å². The molecule has 3 rings (SSSR count). The van der Waals surface area contributed by atoms with Crippen molar-refractivity contribution in [3.05, 3.63) is 58.3 Å². The number of ketones is 1. The molecular weight excluding hydrogens is 282 g/mol. The topological polar surface area (TPSA) is 61.6 Å². The fourth-order valence-corrected chi connectivity index (χ4v) is 2.62. The molecule has 0 N–H and O–H groups in total. The van der Waals surface area contributed by atoms with Gasteiger partial charge in [0, 0.05) is 6.07 Å². The number of benzene rings is 2. The molecule has 2 aromatic carbocycles. The second-order valence-corrected chi connectivity index (χ2v) is 5.04. The van der Waals surface area contributed by atoms with Crippen LogP contribution in [0.5, 0.6) is 11.5 Å². The predicted octanol–water partition coefficient (Wildman–Crippen LogP) is 2.84. The molecule has 0 unspecified atom stereocenters. The molecule has 0 atom stereocenters. The summed E-state index contributed by atoms with van der Waals surface area (Å²) in [5.74, 6) is 0.965. The number of ether oxygens (including phenoxy) is 2. The van der Waals surface area contributed by atoms with Crippen LogP contribution in [0, 0.1) is 12.1 Å². The van der Waals surface area contributed by atoms with Crippen molar-refractivity contribution in [2.24, 2.45) is 0 Å². The van der Waals surface area contributed by atoms with E-state index in [4.69, 9.17) is 9.47 Å². The van der Waals surface area contributed by atoms with E-state index < -0.39 is 0 Å². The third kappa shape index (κ3) is 2.02. The monoisotopic (exact) mass is 297 g/mol. The summed E-state index contributed by atoms with van der Waals surface area (Å²) in [5, 5.41) is 12.5. The lowest BCUT2D eigenvalue weighted by molar-refractivity contribution is -0.355. The van der Waals surface area contributed by atoms with E-state index in [0.717, 1.165) is 5.56 Å². The summed E-state index contributed by atoms with van der Waals surface area (Å²) < 4.78 is 11.0. The Hall–Kier alpha value is -2.82. The molecule has 0 aliphatic carbocycles. The van der Waals surface area contributed by atoms with Crippen molar-refractivity contribution in [1.82, 2.24) is 0 Å². The summed E-state index contributed by atoms with van der Waals surface area (Å²) in [6.45, 7) is 1.87. The van der Waals surface area contributed by atoms with Gasteiger partial charge in [-0.25, -0.2) is 0 Å². The molecule has 0 bridgehead atoms. The van der Waals surface area contributed by atoms with E-state index in [9.17, 15) is 10.0 Å². The zero-order chi connectivity index (χ0) is 15.9. The summed E-state index contributed by atoms with van der Waals surface area (Å²) in [5.41, 5.74) is 2.26. The number of methoxy groups -OCH3 is 2. The molecule has 0 radical (unpaired) electrons. The maximum absolute atomic E-state index is 12.6. The van der Waals surface area contributed by atoms with Crippen LogP contribution in [0.15, 0.2) is 36.4 Å². The Morgan fingerprint density at radius 1 is 1.05 bits per heavy atom. The van der Waals surface area contributed by atoms with E-state index in [-0.39, 0.29) is 11.5 Å². The normalized spacial score (nSPS) is 13.3. The Bertz CT molecular complexity index is 808. The second-order valence-electron chi connectivity index (χ2n) is 5.04. The van der Waals surface area contributed by atoms with Crippen LogP contribution in [0.2, 0.25) is 0 Å². The number of hydrogen-bond donors (Lipinski definition) is 0. The largest absolute Gasteiger partial charge is 0.618 e. The average Bonchev–Trinajstić information content (AvgIpc) is 2.78. The minimum absolute atomic E-state index is 0.119. The fraction of sp³-hybridized carbons (Fsp3) is 0.176. The highest BCUT2D eigenvalue weighted by Gasteiger charge is 2.37. The van der Waals surface area contributed by atoms with Crippen molar-refractivity contribution < 1.29 is 19.0 Å². The molecule has 0 saturated carbocycles. The maximum atomic E-state index is 12.6. The first-order chi connectivity index (χ1) is 10.6. The van der Waals surface area contributed by atoms with Crippen molar-refractivity contribution in [2.45, 2.75) is 6.92 Å². The van der Waals surface area contributed by atoms with Crippen LogP contribution < -0.4 is 9.47 Å². The zero-order valence-electron chi connectivity index (χ0n) is 12.5. The van der Waals surface area contributed by atoms with Crippen molar-refractivity contribution in [2.75, 3.05) is 14.2 Å². The van der Waals surface area contributed by atoms with Gasteiger partial charge in [-0.2, -0.15) is 4.74 Å². The van der Waals surface area contributed by atoms with Gasteiger partial charge in [0.1, 0.15) is 17.1 Å². The molecule has 0 aromatic heterocycles. The molecule has 0 amide bonds. The summed E-state index contributed by atoms with van der Waals surface area (Å²) in [7, 11) is 3.10. The molecular formula is C17H15NO4. The van der Waals surface area contributed by atoms with Gasteiger partial charge in [-0.15, -0.1) is 0 Å². The molecule has 0 spiro atoms. The van der Waals surface area contributed by atoms with Gasteiger partial charge in [0.25, 0.3) is 11.5 Å². The first-order valence-electron chi connectivity index (χ1n) is 6.78. The number of aryl methyl sites for hydroxylation is 1. The van der Waals surface area contributed by atoms with Gasteiger partial charge in [0.05, 0.1) is 19.8 Å². The zero-order valence-corrected chi connectivity index (χ0v) is 12.5. The third-order valence-corrected chi connectivity index (χ3v) is 3.75. The maximum Gasteiger partial charge on any atom is 0.272 e. The van der Waals surface area contributed by atoms with Gasteiger partial charge in [-0.1, -0.05) is 0 Å². The Morgan fingerprint density at radius 2 is 1.82 bits per heavy atom. The standard InChI is InChI=1S/C17H15NO4/c1-10-8-11(4-7-15(10)22-3)16-17(19)13-9-12(21-2)5-6-14(13)18(16)20/h4-9H,1-3H3. The van der Waals surface area contributed by atoms with Gasteiger partial charge in [-0.3, -0.25) is 4.79 Å². The quantitative estimate of drug-likeness (QED) is 0.645. The Morgan fingerprint density at radius 3 is 2.45 bits per heavy atom. The average molecular weight is 297 g/mol. The lowest BCUT2D eigenvalue weighted by Crippen LogP contribution is -2.16. The van der Waals surface area contributed by atoms with Crippen LogP contribution in [0.25, 0.3) is 0 Å². The SMILES string of the molecule is COc1ccc2c(c1)C(=O)C(c1ccc(OC)c(C)c1)=[N+]2[O-]. The number of fused-ring (bicyclic) bond motifs is 1. The van der Waals surface area contributed by atoms with Gasteiger partial charge < -0.3 is 14.7 Å². The number of rotatable bonds is 3. The second kappa shape index (κ2) is 5.18. The van der Waals surface area contributed by atoms with Crippen LogP contribution >= 0.6 is 0 Å². The van der Waals surface area contributed by atoms with Crippen LogP contribution in [0.4, 0.5) is 5.69 Å². The van der Waals surface area contributed by atoms with E-state index in [1.807, 2.05) is 6.92 Å². The first-order valence-corrected chi connectivity index (χ1v) is 6.78. The first kappa shape index (κ1) is 14.1. The molecule has 2 aromatic rings. The molecule has 112 valence electrons. The molecule has 5 heteroatoms. The summed E-state index contributed by atoms with van der Waals surface area (Å²) in [6.07, 6.45) is 0. The van der Waals surface area contributed by atoms with Gasteiger partial charge in [-0.05, 0) is 42.8 Å². The molecule has 1 aliphatic rings. The van der Waals surface area contributed by atoms with Gasteiger partial charge in [0.15, 0.2) is 0 Å². The van der Waals surface area contributed by atoms with Crippen molar-refractivity contribution in [1.29, 1.82) is 0 Å². The van der Waals surface area contributed by atoms with E-state index in [2.05, 4.69) is 0 Å². The number of carbonyl (C=O) groups is 1. The highest BCUT2D eigenvalue weighted by atomic mass is 16.5. The van der Waals surface area contributed by atoms with Crippen LogP contribution in [0.1, 0.15) is 21.5 Å². The van der Waals surface area contributed by atoms with E-state index in [1.165, 1.54) is 7.11 Å². The van der Waals surface area contributed by atoms with E-state index >= 15 is 0 Å². The highest BCUT2D eigenvalue weighted by molar-refractivity contribution is 6.52. The van der Waals surface area contributed by atoms with E-state index in [1.54, 1.807) is 43.5 Å². The molecule has 22 heavy (non-hydrogen) atoms. The molecule has 5 nitrogen and oxygen atoms in total. The Balaban J connectivity index is 2.11. The van der Waals surface area contributed by atoms with E-state index in [0.29, 0.717) is 33.1 Å². The third-order valence-electron chi connectivity index (χ3n) is 3.75. The van der Waals surface area contributed by atoms with Gasteiger partial charge >= 0.3 is 0 Å². The minimum atomic E-state index is -0.298. The summed E-state index contributed by atoms with van der Waals surface area (Å²) in [6, 6.07) is 10.1. The van der Waals surface area contributed by atoms with Crippen LogP contribution in [-0.2, 0) is 0 Å². The van der Waals surface area contributed by atoms with Crippen molar-refractivity contribution in [3.63, 3.8) is 0 Å².